The van der Waals surface area contributed by atoms with Crippen LogP contribution in [-0.2, 0) is 17.9 Å². The minimum Gasteiger partial charge on any atom is -0.441 e. The van der Waals surface area contributed by atoms with Crippen molar-refractivity contribution in [2.75, 3.05) is 7.05 Å². The molecule has 3 rings (SSSR count). The van der Waals surface area contributed by atoms with E-state index in [9.17, 15) is 4.79 Å². The van der Waals surface area contributed by atoms with Crippen molar-refractivity contribution in [3.63, 3.8) is 0 Å². The quantitative estimate of drug-likeness (QED) is 0.564. The molecule has 1 aromatic carbocycles. The number of nitrogens with one attached hydrogen (secondary N) is 1. The van der Waals surface area contributed by atoms with Crippen molar-refractivity contribution < 1.29 is 9.53 Å². The normalized spacial score (nSPS) is 10.9. The van der Waals surface area contributed by atoms with Crippen molar-refractivity contribution in [2.24, 2.45) is 0 Å². The summed E-state index contributed by atoms with van der Waals surface area (Å²) in [5.41, 5.74) is 1.99. The fraction of sp³-hybridized carbons (Fsp3) is 0.286. The van der Waals surface area contributed by atoms with Gasteiger partial charge in [0.2, 0.25) is 0 Å². The van der Waals surface area contributed by atoms with E-state index in [0.29, 0.717) is 17.4 Å². The highest BCUT2D eigenvalue weighted by Crippen LogP contribution is 2.36. The van der Waals surface area contributed by atoms with Crippen molar-refractivity contribution in [3.8, 4) is 0 Å². The summed E-state index contributed by atoms with van der Waals surface area (Å²) < 4.78 is 7.38. The van der Waals surface area contributed by atoms with Crippen LogP contribution in [-0.4, -0.2) is 27.7 Å². The molecule has 0 saturated heterocycles. The summed E-state index contributed by atoms with van der Waals surface area (Å²) >= 11 is 7.78. The van der Waals surface area contributed by atoms with Gasteiger partial charge in [-0.25, -0.2) is 9.78 Å². The van der Waals surface area contributed by atoms with E-state index in [1.165, 1.54) is 7.05 Å². The smallest absolute Gasteiger partial charge is 0.407 e. The number of hydrogen-bond acceptors (Lipinski definition) is 5. The third kappa shape index (κ3) is 5.52. The van der Waals surface area contributed by atoms with Gasteiger partial charge in [0.25, 0.3) is 0 Å². The van der Waals surface area contributed by atoms with Gasteiger partial charge in [0.15, 0.2) is 6.61 Å². The molecule has 8 heteroatoms. The van der Waals surface area contributed by atoms with Gasteiger partial charge in [-0.05, 0) is 35.7 Å². The van der Waals surface area contributed by atoms with Gasteiger partial charge >= 0.3 is 6.09 Å². The maximum Gasteiger partial charge on any atom is 0.407 e. The van der Waals surface area contributed by atoms with Gasteiger partial charge in [0.05, 0.1) is 12.2 Å². The lowest BCUT2D eigenvalue weighted by atomic mass is 10.1. The zero-order valence-corrected chi connectivity index (χ0v) is 18.1. The Balaban J connectivity index is 2.04. The fourth-order valence-corrected chi connectivity index (χ4v) is 4.25. The topological polar surface area (TPSA) is 69.0 Å². The van der Waals surface area contributed by atoms with Crippen LogP contribution in [0.25, 0.3) is 0 Å². The number of aromatic nitrogens is 3. The van der Waals surface area contributed by atoms with Crippen LogP contribution in [0.15, 0.2) is 58.7 Å². The predicted molar refractivity (Wildman–Crippen MR) is 114 cm³/mol. The SMILES string of the molecule is CNC(=O)OCc1nc(C(C)C)c(Sc2cccc(Cl)c2)n1Cc1cccnc1. The molecule has 2 heterocycles. The number of halogens is 1. The highest BCUT2D eigenvalue weighted by molar-refractivity contribution is 7.99. The molecule has 0 atom stereocenters. The second-order valence-electron chi connectivity index (χ2n) is 6.71. The van der Waals surface area contributed by atoms with Crippen molar-refractivity contribution in [1.29, 1.82) is 0 Å². The number of pyridine rings is 1. The third-order valence-electron chi connectivity index (χ3n) is 4.18. The van der Waals surface area contributed by atoms with Gasteiger partial charge in [0, 0.05) is 29.4 Å². The molecule has 1 amide bonds. The van der Waals surface area contributed by atoms with E-state index in [-0.39, 0.29) is 12.5 Å². The molecule has 0 unspecified atom stereocenters. The third-order valence-corrected chi connectivity index (χ3v) is 5.53. The molecule has 0 saturated carbocycles. The molecule has 1 N–H and O–H groups in total. The Bertz CT molecular complexity index is 976. The summed E-state index contributed by atoms with van der Waals surface area (Å²) in [6.07, 6.45) is 3.08. The molecule has 0 radical (unpaired) electrons. The average molecular weight is 431 g/mol. The Kier molecular flexibility index (Phi) is 7.17. The van der Waals surface area contributed by atoms with E-state index in [1.807, 2.05) is 42.6 Å². The molecule has 3 aromatic rings. The maximum absolute atomic E-state index is 11.6. The van der Waals surface area contributed by atoms with Gasteiger partial charge in [0.1, 0.15) is 10.9 Å². The largest absolute Gasteiger partial charge is 0.441 e. The molecule has 0 bridgehead atoms. The monoisotopic (exact) mass is 430 g/mol. The van der Waals surface area contributed by atoms with E-state index in [4.69, 9.17) is 21.3 Å². The molecule has 6 nitrogen and oxygen atoms in total. The Hall–Kier alpha value is -2.51. The van der Waals surface area contributed by atoms with E-state index < -0.39 is 6.09 Å². The van der Waals surface area contributed by atoms with E-state index >= 15 is 0 Å². The number of carbonyl (C=O) groups excluding carboxylic acids is 1. The number of hydrogen-bond donors (Lipinski definition) is 1. The number of nitrogens with zero attached hydrogens (tertiary/aromatic N) is 3. The molecule has 0 aliphatic heterocycles. The first-order valence-corrected chi connectivity index (χ1v) is 10.4. The molecule has 0 aliphatic rings. The summed E-state index contributed by atoms with van der Waals surface area (Å²) in [4.78, 5) is 21.7. The minimum absolute atomic E-state index is 0.0791. The maximum atomic E-state index is 11.6. The first kappa shape index (κ1) is 21.2. The van der Waals surface area contributed by atoms with E-state index in [0.717, 1.165) is 21.2 Å². The highest BCUT2D eigenvalue weighted by Gasteiger charge is 2.21. The van der Waals surface area contributed by atoms with Crippen LogP contribution in [0.1, 0.15) is 36.8 Å². The Morgan fingerprint density at radius 2 is 2.14 bits per heavy atom. The van der Waals surface area contributed by atoms with Crippen molar-refractivity contribution in [2.45, 2.75) is 42.8 Å². The summed E-state index contributed by atoms with van der Waals surface area (Å²) in [5, 5.41) is 4.15. The zero-order valence-electron chi connectivity index (χ0n) is 16.6. The molecule has 0 fully saturated rings. The molecule has 0 spiro atoms. The number of benzene rings is 1. The Labute approximate surface area is 179 Å². The number of imidazole rings is 1. The van der Waals surface area contributed by atoms with Crippen molar-refractivity contribution in [3.05, 3.63) is 70.9 Å². The lowest BCUT2D eigenvalue weighted by Crippen LogP contribution is -2.20. The van der Waals surface area contributed by atoms with Gasteiger partial charge < -0.3 is 14.6 Å². The van der Waals surface area contributed by atoms with Crippen LogP contribution >= 0.6 is 23.4 Å². The van der Waals surface area contributed by atoms with Crippen LogP contribution in [0, 0.1) is 0 Å². The van der Waals surface area contributed by atoms with Gasteiger partial charge in [-0.15, -0.1) is 0 Å². The number of carbonyl (C=O) groups is 1. The summed E-state index contributed by atoms with van der Waals surface area (Å²) in [6.45, 7) is 4.85. The van der Waals surface area contributed by atoms with Crippen LogP contribution in [0.2, 0.25) is 5.02 Å². The summed E-state index contributed by atoms with van der Waals surface area (Å²) in [6, 6.07) is 11.6. The second kappa shape index (κ2) is 9.80. The fourth-order valence-electron chi connectivity index (χ4n) is 2.78. The predicted octanol–water partition coefficient (Wildman–Crippen LogP) is 5.11. The first-order chi connectivity index (χ1) is 14.0. The Morgan fingerprint density at radius 1 is 1.31 bits per heavy atom. The summed E-state index contributed by atoms with van der Waals surface area (Å²) in [7, 11) is 1.53. The molecular weight excluding hydrogens is 408 g/mol. The number of alkyl carbamates (subject to hydrolysis) is 1. The number of amides is 1. The lowest BCUT2D eigenvalue weighted by Gasteiger charge is -2.13. The molecule has 29 heavy (non-hydrogen) atoms. The minimum atomic E-state index is -0.490. The van der Waals surface area contributed by atoms with E-state index in [1.54, 1.807) is 18.0 Å². The molecule has 0 aliphatic carbocycles. The highest BCUT2D eigenvalue weighted by atomic mass is 35.5. The molecule has 2 aromatic heterocycles. The van der Waals surface area contributed by atoms with Gasteiger partial charge in [-0.3, -0.25) is 4.98 Å². The zero-order chi connectivity index (χ0) is 20.8. The van der Waals surface area contributed by atoms with E-state index in [2.05, 4.69) is 28.7 Å². The van der Waals surface area contributed by atoms with Crippen LogP contribution in [0.3, 0.4) is 0 Å². The van der Waals surface area contributed by atoms with Crippen molar-refractivity contribution in [1.82, 2.24) is 19.9 Å². The van der Waals surface area contributed by atoms with Gasteiger partial charge in [-0.2, -0.15) is 0 Å². The number of ether oxygens (including phenoxy) is 1. The Morgan fingerprint density at radius 3 is 2.79 bits per heavy atom. The lowest BCUT2D eigenvalue weighted by molar-refractivity contribution is 0.137. The summed E-state index contributed by atoms with van der Waals surface area (Å²) in [5.74, 6) is 0.885. The van der Waals surface area contributed by atoms with Crippen LogP contribution in [0.5, 0.6) is 0 Å². The van der Waals surface area contributed by atoms with Crippen LogP contribution < -0.4 is 5.32 Å². The van der Waals surface area contributed by atoms with Gasteiger partial charge in [-0.1, -0.05) is 49.3 Å². The first-order valence-electron chi connectivity index (χ1n) is 9.24. The average Bonchev–Trinajstić information content (AvgIpc) is 3.04. The second-order valence-corrected chi connectivity index (χ2v) is 8.20. The number of rotatable bonds is 7. The standard InChI is InChI=1S/C21H23ClN4O2S/c1-14(2)19-20(29-17-8-4-7-16(22)10-17)26(12-15-6-5-9-24-11-15)18(25-19)13-28-21(27)23-3/h4-11,14H,12-13H2,1-3H3,(H,23,27). The van der Waals surface area contributed by atoms with Crippen molar-refractivity contribution >= 4 is 29.5 Å². The molecule has 152 valence electrons. The molecular formula is C21H23ClN4O2S. The van der Waals surface area contributed by atoms with Crippen LogP contribution in [0.4, 0.5) is 4.79 Å².